The maximum atomic E-state index is 13.0. The van der Waals surface area contributed by atoms with E-state index in [1.165, 1.54) is 18.3 Å². The molecule has 0 unspecified atom stereocenters. The number of aromatic amines is 1. The van der Waals surface area contributed by atoms with Crippen molar-refractivity contribution in [3.05, 3.63) is 38.3 Å². The Kier molecular flexibility index (Phi) is 2.58. The van der Waals surface area contributed by atoms with Crippen molar-refractivity contribution >= 4 is 22.9 Å². The van der Waals surface area contributed by atoms with Gasteiger partial charge >= 0.3 is 0 Å². The van der Waals surface area contributed by atoms with Crippen LogP contribution in [0.5, 0.6) is 0 Å². The molecule has 2 heterocycles. The van der Waals surface area contributed by atoms with Crippen molar-refractivity contribution in [2.75, 3.05) is 0 Å². The smallest absolute Gasteiger partial charge is 0.287 e. The number of rotatable bonds is 1. The third-order valence-electron chi connectivity index (χ3n) is 1.84. The number of nitrogens with zero attached hydrogens (tertiary/aromatic N) is 1. The van der Waals surface area contributed by atoms with Crippen LogP contribution in [0.2, 0.25) is 4.34 Å². The van der Waals surface area contributed by atoms with E-state index in [9.17, 15) is 9.18 Å². The average Bonchev–Trinajstić information content (AvgIpc) is 2.60. The average molecular weight is 245 g/mol. The molecule has 6 heteroatoms. The number of aryl methyl sites for hydroxylation is 1. The zero-order valence-corrected chi connectivity index (χ0v) is 9.25. The first-order valence-corrected chi connectivity index (χ1v) is 5.29. The van der Waals surface area contributed by atoms with E-state index in [0.717, 1.165) is 0 Å². The normalized spacial score (nSPS) is 10.6. The van der Waals surface area contributed by atoms with Crippen LogP contribution in [0.25, 0.3) is 10.7 Å². The van der Waals surface area contributed by atoms with Crippen molar-refractivity contribution in [3.63, 3.8) is 0 Å². The molecule has 0 radical (unpaired) electrons. The molecular weight excluding hydrogens is 239 g/mol. The zero-order chi connectivity index (χ0) is 11.0. The van der Waals surface area contributed by atoms with Gasteiger partial charge in [0, 0.05) is 0 Å². The van der Waals surface area contributed by atoms with Gasteiger partial charge in [-0.25, -0.2) is 4.98 Å². The quantitative estimate of drug-likeness (QED) is 0.838. The third-order valence-corrected chi connectivity index (χ3v) is 3.07. The Morgan fingerprint density at radius 3 is 2.80 bits per heavy atom. The van der Waals surface area contributed by atoms with Gasteiger partial charge < -0.3 is 4.98 Å². The second kappa shape index (κ2) is 3.75. The van der Waals surface area contributed by atoms with Crippen molar-refractivity contribution in [2.45, 2.75) is 6.92 Å². The second-order valence-electron chi connectivity index (χ2n) is 2.92. The maximum Gasteiger partial charge on any atom is 0.287 e. The molecule has 78 valence electrons. The molecule has 0 spiro atoms. The number of aromatic nitrogens is 2. The van der Waals surface area contributed by atoms with Crippen LogP contribution >= 0.6 is 22.9 Å². The lowest BCUT2D eigenvalue weighted by Crippen LogP contribution is -2.15. The summed E-state index contributed by atoms with van der Waals surface area (Å²) in [5.74, 6) is -0.503. The van der Waals surface area contributed by atoms with Gasteiger partial charge in [0.05, 0.1) is 14.9 Å². The molecule has 0 aliphatic rings. The minimum atomic E-state index is -0.846. The molecule has 0 aromatic carbocycles. The van der Waals surface area contributed by atoms with Crippen molar-refractivity contribution in [1.82, 2.24) is 9.97 Å². The largest absolute Gasteiger partial charge is 0.303 e. The van der Waals surface area contributed by atoms with E-state index in [-0.39, 0.29) is 5.69 Å². The number of halogens is 2. The first kappa shape index (κ1) is 10.3. The molecule has 1 N–H and O–H groups in total. The molecule has 0 fully saturated rings. The van der Waals surface area contributed by atoms with Crippen molar-refractivity contribution in [2.24, 2.45) is 0 Å². The van der Waals surface area contributed by atoms with Crippen LogP contribution in [0.4, 0.5) is 4.39 Å². The van der Waals surface area contributed by atoms with Gasteiger partial charge in [0.25, 0.3) is 5.56 Å². The first-order chi connectivity index (χ1) is 7.08. The fourth-order valence-electron chi connectivity index (χ4n) is 1.13. The highest BCUT2D eigenvalue weighted by Crippen LogP contribution is 2.28. The molecule has 0 aliphatic carbocycles. The van der Waals surface area contributed by atoms with E-state index in [1.807, 2.05) is 0 Å². The van der Waals surface area contributed by atoms with E-state index in [1.54, 1.807) is 12.1 Å². The van der Waals surface area contributed by atoms with Gasteiger partial charge in [-0.2, -0.15) is 4.39 Å². The highest BCUT2D eigenvalue weighted by atomic mass is 35.5. The summed E-state index contributed by atoms with van der Waals surface area (Å²) in [5.41, 5.74) is -0.680. The summed E-state index contributed by atoms with van der Waals surface area (Å²) in [6, 6.07) is 3.42. The number of H-pyrrole nitrogens is 1. The fraction of sp³-hybridized carbons (Fsp3) is 0.111. The monoisotopic (exact) mass is 244 g/mol. The Hall–Kier alpha value is -1.20. The Balaban J connectivity index is 2.60. The topological polar surface area (TPSA) is 45.8 Å². The summed E-state index contributed by atoms with van der Waals surface area (Å²) in [4.78, 5) is 18.1. The summed E-state index contributed by atoms with van der Waals surface area (Å²) in [5, 5.41) is 0. The number of hydrogen-bond acceptors (Lipinski definition) is 3. The van der Waals surface area contributed by atoms with Crippen LogP contribution in [0.15, 0.2) is 16.9 Å². The Bertz CT molecular complexity index is 563. The highest BCUT2D eigenvalue weighted by molar-refractivity contribution is 7.19. The predicted octanol–water partition coefficient (Wildman–Crippen LogP) is 2.60. The minimum Gasteiger partial charge on any atom is -0.303 e. The minimum absolute atomic E-state index is 0.0817. The maximum absolute atomic E-state index is 13.0. The molecule has 0 amide bonds. The van der Waals surface area contributed by atoms with E-state index in [2.05, 4.69) is 9.97 Å². The Morgan fingerprint density at radius 1 is 1.53 bits per heavy atom. The zero-order valence-electron chi connectivity index (χ0n) is 7.67. The number of hydrogen-bond donors (Lipinski definition) is 1. The lowest BCUT2D eigenvalue weighted by molar-refractivity contribution is 0.589. The summed E-state index contributed by atoms with van der Waals surface area (Å²) < 4.78 is 13.6. The lowest BCUT2D eigenvalue weighted by atomic mass is 10.4. The Labute approximate surface area is 93.6 Å². The standard InChI is InChI=1S/C9H6ClFN2OS/c1-4-7(11)9(14)13-8(12-4)5-2-3-6(10)15-5/h2-3H,1H3,(H,12,13,14). The SMILES string of the molecule is Cc1nc(-c2ccc(Cl)s2)[nH]c(=O)c1F. The van der Waals surface area contributed by atoms with Crippen LogP contribution < -0.4 is 5.56 Å². The second-order valence-corrected chi connectivity index (χ2v) is 4.63. The molecule has 2 aromatic rings. The molecule has 0 aliphatic heterocycles. The fourth-order valence-corrected chi connectivity index (χ4v) is 2.12. The van der Waals surface area contributed by atoms with Gasteiger partial charge in [-0.15, -0.1) is 11.3 Å². The Morgan fingerprint density at radius 2 is 2.27 bits per heavy atom. The van der Waals surface area contributed by atoms with Gasteiger partial charge in [0.15, 0.2) is 5.82 Å². The lowest BCUT2D eigenvalue weighted by Gasteiger charge is -1.99. The van der Waals surface area contributed by atoms with Gasteiger partial charge in [-0.3, -0.25) is 4.79 Å². The summed E-state index contributed by atoms with van der Waals surface area (Å²) in [7, 11) is 0. The summed E-state index contributed by atoms with van der Waals surface area (Å²) in [6.07, 6.45) is 0. The number of nitrogens with one attached hydrogen (secondary N) is 1. The van der Waals surface area contributed by atoms with Crippen molar-refractivity contribution in [3.8, 4) is 10.7 Å². The molecule has 3 nitrogen and oxygen atoms in total. The van der Waals surface area contributed by atoms with Crippen molar-refractivity contribution in [1.29, 1.82) is 0 Å². The third kappa shape index (κ3) is 1.93. The summed E-state index contributed by atoms with van der Waals surface area (Å²) in [6.45, 7) is 1.45. The van der Waals surface area contributed by atoms with Gasteiger partial charge in [-0.1, -0.05) is 11.6 Å². The van der Waals surface area contributed by atoms with Gasteiger partial charge in [-0.05, 0) is 19.1 Å². The molecule has 0 bridgehead atoms. The summed E-state index contributed by atoms with van der Waals surface area (Å²) >= 11 is 7.02. The van der Waals surface area contributed by atoms with E-state index in [4.69, 9.17) is 11.6 Å². The molecule has 0 saturated carbocycles. The van der Waals surface area contributed by atoms with Crippen LogP contribution in [-0.4, -0.2) is 9.97 Å². The van der Waals surface area contributed by atoms with Crippen LogP contribution in [0, 0.1) is 12.7 Å². The van der Waals surface area contributed by atoms with Crippen LogP contribution in [0.1, 0.15) is 5.69 Å². The van der Waals surface area contributed by atoms with Crippen LogP contribution in [-0.2, 0) is 0 Å². The first-order valence-electron chi connectivity index (χ1n) is 4.10. The van der Waals surface area contributed by atoms with Gasteiger partial charge in [0.2, 0.25) is 5.82 Å². The molecule has 15 heavy (non-hydrogen) atoms. The molecule has 2 rings (SSSR count). The van der Waals surface area contributed by atoms with Crippen molar-refractivity contribution < 1.29 is 4.39 Å². The molecular formula is C9H6ClFN2OS. The predicted molar refractivity (Wildman–Crippen MR) is 57.9 cm³/mol. The molecule has 2 aromatic heterocycles. The van der Waals surface area contributed by atoms with Gasteiger partial charge in [0.1, 0.15) is 0 Å². The van der Waals surface area contributed by atoms with E-state index >= 15 is 0 Å². The molecule has 0 atom stereocenters. The van der Waals surface area contributed by atoms with E-state index in [0.29, 0.717) is 15.0 Å². The van der Waals surface area contributed by atoms with Crippen LogP contribution in [0.3, 0.4) is 0 Å². The van der Waals surface area contributed by atoms with E-state index < -0.39 is 11.4 Å². The molecule has 0 saturated heterocycles. The highest BCUT2D eigenvalue weighted by Gasteiger charge is 2.09. The number of thiophene rings is 1.